The molecule has 1 saturated heterocycles. The summed E-state index contributed by atoms with van der Waals surface area (Å²) in [5, 5.41) is 5.67. The summed E-state index contributed by atoms with van der Waals surface area (Å²) in [6, 6.07) is 6.86. The zero-order chi connectivity index (χ0) is 31.5. The summed E-state index contributed by atoms with van der Waals surface area (Å²) in [6.45, 7) is 6.30. The highest BCUT2D eigenvalue weighted by Gasteiger charge is 2.60. The first kappa shape index (κ1) is 29.6. The van der Waals surface area contributed by atoms with E-state index < -0.39 is 23.4 Å². The van der Waals surface area contributed by atoms with Gasteiger partial charge in [-0.05, 0) is 50.1 Å². The van der Waals surface area contributed by atoms with E-state index >= 15 is 0 Å². The van der Waals surface area contributed by atoms with Gasteiger partial charge >= 0.3 is 6.18 Å². The number of piperidine rings is 1. The average Bonchev–Trinajstić information content (AvgIpc) is 3.52. The molecule has 2 N–H and O–H groups in total. The van der Waals surface area contributed by atoms with Crippen LogP contribution in [0.5, 0.6) is 17.2 Å². The van der Waals surface area contributed by atoms with Gasteiger partial charge in [0.2, 0.25) is 5.91 Å². The number of allylic oxidation sites excluding steroid dienone is 3. The fourth-order valence-electron chi connectivity index (χ4n) is 7.06. The van der Waals surface area contributed by atoms with Crippen molar-refractivity contribution in [2.24, 2.45) is 11.3 Å². The Kier molecular flexibility index (Phi) is 7.26. The van der Waals surface area contributed by atoms with Gasteiger partial charge in [-0.3, -0.25) is 9.59 Å². The predicted molar refractivity (Wildman–Crippen MR) is 161 cm³/mol. The van der Waals surface area contributed by atoms with E-state index in [0.717, 1.165) is 55.3 Å². The Morgan fingerprint density at radius 3 is 2.78 bits per heavy atom. The number of aromatic nitrogens is 1. The van der Waals surface area contributed by atoms with Crippen LogP contribution >= 0.6 is 0 Å². The number of ether oxygens (including phenoxy) is 2. The average molecular weight is 621 g/mol. The maximum Gasteiger partial charge on any atom is 0.396 e. The number of benzene rings is 1. The standard InChI is InChI=1S/C34H35F3N4O4/c1-3-41-14-10-19(11-15-41)18-33(2)12-8-20(16-26(33)34(35,36)37)32(43)40-29-28-23-17-21(4-6-24(23)45-30(28)29)44-25-9-13-38-31-22(25)5-7-27(42)39-31/h4,6,8-9,12-13,16-18,26,28-30H,3,5,7,10-11,14-15H2,1-2H3,(H,40,43)(H,38,39,42)/t26?,28-,29-,30-,33?/m0/s1. The van der Waals surface area contributed by atoms with Crippen LogP contribution in [0.1, 0.15) is 50.2 Å². The zero-order valence-corrected chi connectivity index (χ0v) is 25.1. The maximum atomic E-state index is 14.4. The minimum absolute atomic E-state index is 0.00540. The van der Waals surface area contributed by atoms with Crippen LogP contribution in [0, 0.1) is 11.3 Å². The molecule has 0 bridgehead atoms. The molecule has 236 valence electrons. The Balaban J connectivity index is 1.04. The van der Waals surface area contributed by atoms with Crippen molar-refractivity contribution in [3.05, 3.63) is 77.0 Å². The van der Waals surface area contributed by atoms with Gasteiger partial charge in [-0.2, -0.15) is 13.2 Å². The second-order valence-electron chi connectivity index (χ2n) is 12.7. The van der Waals surface area contributed by atoms with E-state index in [2.05, 4.69) is 27.4 Å². The van der Waals surface area contributed by atoms with Crippen LogP contribution in [0.25, 0.3) is 0 Å². The number of hydrogen-bond acceptors (Lipinski definition) is 6. The lowest BCUT2D eigenvalue weighted by atomic mass is 9.71. The second kappa shape index (κ2) is 11.0. The minimum Gasteiger partial charge on any atom is -0.487 e. The topological polar surface area (TPSA) is 92.8 Å². The van der Waals surface area contributed by atoms with Crippen molar-refractivity contribution in [1.82, 2.24) is 15.2 Å². The highest BCUT2D eigenvalue weighted by Crippen LogP contribution is 2.55. The van der Waals surface area contributed by atoms with E-state index in [4.69, 9.17) is 9.47 Å². The zero-order valence-electron chi connectivity index (χ0n) is 25.1. The molecule has 3 aliphatic heterocycles. The largest absolute Gasteiger partial charge is 0.487 e. The molecule has 1 aromatic heterocycles. The Hall–Kier alpha value is -4.12. The number of amides is 2. The number of carbonyl (C=O) groups is 2. The number of rotatable bonds is 6. The van der Waals surface area contributed by atoms with Gasteiger partial charge in [0.1, 0.15) is 29.2 Å². The molecule has 5 atom stereocenters. The summed E-state index contributed by atoms with van der Waals surface area (Å²) in [5.74, 6) is -0.226. The number of hydrogen-bond donors (Lipinski definition) is 2. The van der Waals surface area contributed by atoms with Gasteiger partial charge < -0.3 is 25.0 Å². The Morgan fingerprint density at radius 1 is 1.22 bits per heavy atom. The van der Waals surface area contributed by atoms with Crippen molar-refractivity contribution in [1.29, 1.82) is 0 Å². The van der Waals surface area contributed by atoms with E-state index in [1.165, 1.54) is 12.2 Å². The Morgan fingerprint density at radius 2 is 2.02 bits per heavy atom. The molecule has 45 heavy (non-hydrogen) atoms. The molecule has 11 heteroatoms. The van der Waals surface area contributed by atoms with Crippen LogP contribution in [0.2, 0.25) is 0 Å². The molecule has 2 unspecified atom stereocenters. The first-order valence-electron chi connectivity index (χ1n) is 15.5. The molecule has 0 radical (unpaired) electrons. The lowest BCUT2D eigenvalue weighted by Gasteiger charge is -2.37. The Labute approximate surface area is 259 Å². The SMILES string of the molecule is CCN1CCC(=CC2(C)C=CC(C(=O)N[C@@H]3[C@H]4Oc5ccc(Oc6ccnc7c6CCC(=O)N7)cc5[C@@H]34)=CC2C(F)(F)F)CC1. The number of nitrogens with one attached hydrogen (secondary N) is 2. The lowest BCUT2D eigenvalue weighted by Crippen LogP contribution is -2.39. The first-order valence-corrected chi connectivity index (χ1v) is 15.5. The summed E-state index contributed by atoms with van der Waals surface area (Å²) in [7, 11) is 0. The summed E-state index contributed by atoms with van der Waals surface area (Å²) in [6.07, 6.45) is 5.04. The molecule has 0 spiro atoms. The third-order valence-corrected chi connectivity index (χ3v) is 9.67. The van der Waals surface area contributed by atoms with Crippen LogP contribution in [0.15, 0.2) is 65.9 Å². The minimum atomic E-state index is -4.51. The summed E-state index contributed by atoms with van der Waals surface area (Å²) in [4.78, 5) is 31.5. The van der Waals surface area contributed by atoms with Crippen molar-refractivity contribution in [3.8, 4) is 17.2 Å². The normalized spacial score (nSPS) is 28.6. The van der Waals surface area contributed by atoms with Gasteiger partial charge in [0, 0.05) is 47.8 Å². The quantitative estimate of drug-likeness (QED) is 0.396. The highest BCUT2D eigenvalue weighted by molar-refractivity contribution is 5.97. The van der Waals surface area contributed by atoms with Gasteiger partial charge in [0.05, 0.1) is 17.9 Å². The third-order valence-electron chi connectivity index (χ3n) is 9.67. The third kappa shape index (κ3) is 5.62. The van der Waals surface area contributed by atoms with Crippen molar-refractivity contribution in [2.45, 2.75) is 63.8 Å². The van der Waals surface area contributed by atoms with Gasteiger partial charge in [-0.25, -0.2) is 4.98 Å². The van der Waals surface area contributed by atoms with Gasteiger partial charge in [0.25, 0.3) is 5.91 Å². The number of pyridine rings is 1. The summed E-state index contributed by atoms with van der Waals surface area (Å²) < 4.78 is 55.3. The summed E-state index contributed by atoms with van der Waals surface area (Å²) >= 11 is 0. The predicted octanol–water partition coefficient (Wildman–Crippen LogP) is 5.82. The molecule has 1 aromatic carbocycles. The molecule has 4 heterocycles. The number of nitrogens with zero attached hydrogens (tertiary/aromatic N) is 2. The van der Waals surface area contributed by atoms with Crippen LogP contribution in [-0.2, 0) is 16.0 Å². The molecular formula is C34H35F3N4O4. The number of carbonyl (C=O) groups excluding carboxylic acids is 2. The van der Waals surface area contributed by atoms with E-state index in [0.29, 0.717) is 35.9 Å². The molecule has 1 saturated carbocycles. The molecule has 7 rings (SSSR count). The van der Waals surface area contributed by atoms with Gasteiger partial charge in [0.15, 0.2) is 0 Å². The van der Waals surface area contributed by atoms with Crippen molar-refractivity contribution in [2.75, 3.05) is 25.0 Å². The number of anilines is 1. The smallest absolute Gasteiger partial charge is 0.396 e. The van der Waals surface area contributed by atoms with Crippen LogP contribution in [-0.4, -0.2) is 59.7 Å². The van der Waals surface area contributed by atoms with E-state index in [9.17, 15) is 22.8 Å². The molecule has 2 fully saturated rings. The number of likely N-dealkylation sites (tertiary alicyclic amines) is 1. The first-order chi connectivity index (χ1) is 21.5. The fraction of sp³-hybridized carbons (Fsp3) is 0.441. The number of alkyl halides is 3. The molecule has 5 aliphatic rings. The molecular weight excluding hydrogens is 585 g/mol. The van der Waals surface area contributed by atoms with Gasteiger partial charge in [-0.15, -0.1) is 0 Å². The molecule has 2 amide bonds. The van der Waals surface area contributed by atoms with Crippen molar-refractivity contribution >= 4 is 17.6 Å². The lowest BCUT2D eigenvalue weighted by molar-refractivity contribution is -0.177. The monoisotopic (exact) mass is 620 g/mol. The number of fused-ring (bicyclic) bond motifs is 4. The van der Waals surface area contributed by atoms with E-state index in [1.54, 1.807) is 31.3 Å². The van der Waals surface area contributed by atoms with Crippen LogP contribution in [0.4, 0.5) is 19.0 Å². The highest BCUT2D eigenvalue weighted by atomic mass is 19.4. The van der Waals surface area contributed by atoms with Gasteiger partial charge in [-0.1, -0.05) is 43.7 Å². The molecule has 2 aliphatic carbocycles. The van der Waals surface area contributed by atoms with Crippen LogP contribution in [0.3, 0.4) is 0 Å². The van der Waals surface area contributed by atoms with Crippen LogP contribution < -0.4 is 20.1 Å². The summed E-state index contributed by atoms with van der Waals surface area (Å²) in [5.41, 5.74) is 1.46. The second-order valence-corrected chi connectivity index (χ2v) is 12.7. The Bertz CT molecular complexity index is 1640. The van der Waals surface area contributed by atoms with E-state index in [1.807, 2.05) is 12.1 Å². The van der Waals surface area contributed by atoms with Crippen molar-refractivity contribution < 1.29 is 32.2 Å². The van der Waals surface area contributed by atoms with E-state index in [-0.39, 0.29) is 29.5 Å². The molecule has 8 nitrogen and oxygen atoms in total. The maximum absolute atomic E-state index is 14.4. The van der Waals surface area contributed by atoms with Crippen molar-refractivity contribution in [3.63, 3.8) is 0 Å². The molecule has 2 aromatic rings. The fourth-order valence-corrected chi connectivity index (χ4v) is 7.06. The number of halogens is 3.